The zero-order valence-corrected chi connectivity index (χ0v) is 12.6. The van der Waals surface area contributed by atoms with Gasteiger partial charge in [-0.3, -0.25) is 0 Å². The molecule has 0 spiro atoms. The van der Waals surface area contributed by atoms with Gasteiger partial charge in [-0.2, -0.15) is 0 Å². The number of anilines is 2. The third-order valence-electron chi connectivity index (χ3n) is 2.75. The number of benzene rings is 2. The predicted molar refractivity (Wildman–Crippen MR) is 89.2 cm³/mol. The van der Waals surface area contributed by atoms with Crippen LogP contribution >= 0.6 is 24.0 Å². The second-order valence-corrected chi connectivity index (χ2v) is 5.35. The van der Waals surface area contributed by atoms with E-state index in [1.54, 1.807) is 11.8 Å². The van der Waals surface area contributed by atoms with Crippen molar-refractivity contribution < 1.29 is 0 Å². The van der Waals surface area contributed by atoms with Gasteiger partial charge in [0.15, 0.2) is 5.11 Å². The molecule has 0 amide bonds. The molecule has 2 nitrogen and oxygen atoms in total. The summed E-state index contributed by atoms with van der Waals surface area (Å²) in [7, 11) is 0. The van der Waals surface area contributed by atoms with Gasteiger partial charge in [0.05, 0.1) is 5.69 Å². The molecule has 2 N–H and O–H groups in total. The minimum atomic E-state index is 0.607. The van der Waals surface area contributed by atoms with E-state index >= 15 is 0 Å². The fraction of sp³-hybridized carbons (Fsp3) is 0.133. The number of hydrogen-bond donors (Lipinski definition) is 2. The standard InChI is InChI=1S/C15H16N2S2/c1-11-7-3-4-8-12(11)16-15(18)17-13-9-5-6-10-14(13)19-2/h3-10H,1-2H3,(H2,16,17,18). The summed E-state index contributed by atoms with van der Waals surface area (Å²) in [5, 5.41) is 7.06. The number of hydrogen-bond acceptors (Lipinski definition) is 2. The topological polar surface area (TPSA) is 24.1 Å². The molecule has 98 valence electrons. The lowest BCUT2D eigenvalue weighted by Crippen LogP contribution is -2.19. The van der Waals surface area contributed by atoms with Crippen molar-refractivity contribution in [2.75, 3.05) is 16.9 Å². The minimum absolute atomic E-state index is 0.607. The van der Waals surface area contributed by atoms with E-state index in [1.165, 1.54) is 10.5 Å². The maximum atomic E-state index is 5.35. The fourth-order valence-electron chi connectivity index (χ4n) is 1.74. The van der Waals surface area contributed by atoms with Crippen molar-refractivity contribution in [1.82, 2.24) is 0 Å². The molecule has 0 aliphatic carbocycles. The minimum Gasteiger partial charge on any atom is -0.332 e. The normalized spacial score (nSPS) is 10.0. The van der Waals surface area contributed by atoms with E-state index < -0.39 is 0 Å². The van der Waals surface area contributed by atoms with Crippen molar-refractivity contribution in [2.24, 2.45) is 0 Å². The molecule has 4 heteroatoms. The van der Waals surface area contributed by atoms with E-state index in [9.17, 15) is 0 Å². The first kappa shape index (κ1) is 13.9. The van der Waals surface area contributed by atoms with Crippen molar-refractivity contribution in [3.63, 3.8) is 0 Å². The third-order valence-corrected chi connectivity index (χ3v) is 3.75. The quantitative estimate of drug-likeness (QED) is 0.640. The van der Waals surface area contributed by atoms with Crippen LogP contribution in [0, 0.1) is 6.92 Å². The van der Waals surface area contributed by atoms with E-state index in [-0.39, 0.29) is 0 Å². The Bertz CT molecular complexity index is 582. The van der Waals surface area contributed by atoms with Gasteiger partial charge in [0.25, 0.3) is 0 Å². The summed E-state index contributed by atoms with van der Waals surface area (Å²) >= 11 is 7.05. The summed E-state index contributed by atoms with van der Waals surface area (Å²) in [6, 6.07) is 16.2. The van der Waals surface area contributed by atoms with Gasteiger partial charge in [0.1, 0.15) is 0 Å². The van der Waals surface area contributed by atoms with Crippen LogP contribution in [-0.2, 0) is 0 Å². The highest BCUT2D eigenvalue weighted by Crippen LogP contribution is 2.24. The highest BCUT2D eigenvalue weighted by Gasteiger charge is 2.04. The number of para-hydroxylation sites is 2. The summed E-state index contributed by atoms with van der Waals surface area (Å²) < 4.78 is 0. The molecular formula is C15H16N2S2. The molecule has 2 aromatic rings. The molecule has 0 saturated carbocycles. The van der Waals surface area contributed by atoms with Gasteiger partial charge < -0.3 is 10.6 Å². The Morgan fingerprint density at radius 2 is 1.53 bits per heavy atom. The summed E-state index contributed by atoms with van der Waals surface area (Å²) in [6.45, 7) is 2.06. The highest BCUT2D eigenvalue weighted by atomic mass is 32.2. The second-order valence-electron chi connectivity index (χ2n) is 4.09. The first-order valence-electron chi connectivity index (χ1n) is 5.97. The van der Waals surface area contributed by atoms with E-state index in [1.807, 2.05) is 36.4 Å². The SMILES string of the molecule is CSc1ccccc1NC(=S)Nc1ccccc1C. The van der Waals surface area contributed by atoms with E-state index in [0.717, 1.165) is 11.4 Å². The molecule has 2 aromatic carbocycles. The molecule has 0 aliphatic rings. The zero-order valence-electron chi connectivity index (χ0n) is 10.9. The van der Waals surface area contributed by atoms with Crippen LogP contribution < -0.4 is 10.6 Å². The van der Waals surface area contributed by atoms with Crippen LogP contribution in [0.25, 0.3) is 0 Å². The van der Waals surface area contributed by atoms with Crippen LogP contribution in [0.3, 0.4) is 0 Å². The monoisotopic (exact) mass is 288 g/mol. The summed E-state index contributed by atoms with van der Waals surface area (Å²) in [4.78, 5) is 1.18. The first-order chi connectivity index (χ1) is 9.20. The van der Waals surface area contributed by atoms with E-state index in [0.29, 0.717) is 5.11 Å². The first-order valence-corrected chi connectivity index (χ1v) is 7.60. The maximum Gasteiger partial charge on any atom is 0.175 e. The largest absolute Gasteiger partial charge is 0.332 e. The highest BCUT2D eigenvalue weighted by molar-refractivity contribution is 7.98. The predicted octanol–water partition coefficient (Wildman–Crippen LogP) is 4.53. The molecule has 0 atom stereocenters. The van der Waals surface area contributed by atoms with E-state index in [2.05, 4.69) is 35.9 Å². The van der Waals surface area contributed by atoms with Gasteiger partial charge >= 0.3 is 0 Å². The Kier molecular flexibility index (Phi) is 4.82. The third kappa shape index (κ3) is 3.72. The molecular weight excluding hydrogens is 272 g/mol. The molecule has 0 heterocycles. The van der Waals surface area contributed by atoms with Gasteiger partial charge in [0, 0.05) is 10.6 Å². The second kappa shape index (κ2) is 6.59. The molecule has 0 unspecified atom stereocenters. The van der Waals surface area contributed by atoms with Crippen LogP contribution in [0.2, 0.25) is 0 Å². The maximum absolute atomic E-state index is 5.35. The van der Waals surface area contributed by atoms with Crippen LogP contribution in [-0.4, -0.2) is 11.4 Å². The Labute approximate surface area is 123 Å². The molecule has 0 radical (unpaired) electrons. The average Bonchev–Trinajstić information content (AvgIpc) is 2.42. The Morgan fingerprint density at radius 1 is 0.947 bits per heavy atom. The molecule has 0 bridgehead atoms. The number of nitrogens with one attached hydrogen (secondary N) is 2. The summed E-state index contributed by atoms with van der Waals surface area (Å²) in [5.41, 5.74) is 3.23. The molecule has 19 heavy (non-hydrogen) atoms. The Morgan fingerprint density at radius 3 is 2.21 bits per heavy atom. The fourth-order valence-corrected chi connectivity index (χ4v) is 2.51. The van der Waals surface area contributed by atoms with Crippen molar-refractivity contribution in [3.8, 4) is 0 Å². The number of thiocarbonyl (C=S) groups is 1. The molecule has 2 rings (SSSR count). The lowest BCUT2D eigenvalue weighted by molar-refractivity contribution is 1.43. The van der Waals surface area contributed by atoms with E-state index in [4.69, 9.17) is 12.2 Å². The van der Waals surface area contributed by atoms with Crippen LogP contribution in [0.5, 0.6) is 0 Å². The van der Waals surface area contributed by atoms with Gasteiger partial charge in [-0.1, -0.05) is 30.3 Å². The Hall–Kier alpha value is -1.52. The van der Waals surface area contributed by atoms with Crippen molar-refractivity contribution in [2.45, 2.75) is 11.8 Å². The zero-order chi connectivity index (χ0) is 13.7. The molecule has 0 aromatic heterocycles. The van der Waals surface area contributed by atoms with Gasteiger partial charge in [-0.15, -0.1) is 11.8 Å². The number of aryl methyl sites for hydroxylation is 1. The summed E-state index contributed by atoms with van der Waals surface area (Å²) in [5.74, 6) is 0. The number of rotatable bonds is 3. The van der Waals surface area contributed by atoms with Crippen LogP contribution in [0.15, 0.2) is 53.4 Å². The Balaban J connectivity index is 2.08. The smallest absolute Gasteiger partial charge is 0.175 e. The van der Waals surface area contributed by atoms with Crippen LogP contribution in [0.4, 0.5) is 11.4 Å². The van der Waals surface area contributed by atoms with Gasteiger partial charge in [-0.25, -0.2) is 0 Å². The van der Waals surface area contributed by atoms with Crippen LogP contribution in [0.1, 0.15) is 5.56 Å². The lowest BCUT2D eigenvalue weighted by atomic mass is 10.2. The lowest BCUT2D eigenvalue weighted by Gasteiger charge is -2.14. The number of thioether (sulfide) groups is 1. The average molecular weight is 288 g/mol. The molecule has 0 saturated heterocycles. The van der Waals surface area contributed by atoms with Gasteiger partial charge in [-0.05, 0) is 49.2 Å². The van der Waals surface area contributed by atoms with Crippen molar-refractivity contribution >= 4 is 40.5 Å². The van der Waals surface area contributed by atoms with Crippen molar-refractivity contribution in [3.05, 3.63) is 54.1 Å². The summed E-state index contributed by atoms with van der Waals surface area (Å²) in [6.07, 6.45) is 2.05. The van der Waals surface area contributed by atoms with Gasteiger partial charge in [0.2, 0.25) is 0 Å². The molecule has 0 aliphatic heterocycles. The molecule has 0 fully saturated rings. The van der Waals surface area contributed by atoms with Crippen molar-refractivity contribution in [1.29, 1.82) is 0 Å².